The number of amides is 1. The second-order valence-electron chi connectivity index (χ2n) is 6.87. The summed E-state index contributed by atoms with van der Waals surface area (Å²) in [4.78, 5) is 28.6. The number of rotatable bonds is 9. The van der Waals surface area contributed by atoms with E-state index in [0.717, 1.165) is 17.5 Å². The molecule has 1 N–H and O–H groups in total. The van der Waals surface area contributed by atoms with Gasteiger partial charge in [-0.05, 0) is 17.5 Å². The van der Waals surface area contributed by atoms with Crippen LogP contribution in [0, 0.1) is 0 Å². The van der Waals surface area contributed by atoms with E-state index in [4.69, 9.17) is 9.26 Å². The molecule has 0 saturated carbocycles. The molecule has 3 aromatic rings. The normalized spacial score (nSPS) is 11.7. The first kappa shape index (κ1) is 21.2. The van der Waals surface area contributed by atoms with Crippen molar-refractivity contribution in [2.24, 2.45) is 0 Å². The van der Waals surface area contributed by atoms with E-state index in [-0.39, 0.29) is 24.7 Å². The number of carbonyl (C=O) groups is 2. The van der Waals surface area contributed by atoms with Crippen LogP contribution in [0.2, 0.25) is 0 Å². The molecule has 0 aliphatic rings. The summed E-state index contributed by atoms with van der Waals surface area (Å²) in [6, 6.07) is 16.8. The molecule has 30 heavy (non-hydrogen) atoms. The molecule has 7 heteroatoms. The molecule has 0 aliphatic carbocycles. The van der Waals surface area contributed by atoms with Crippen LogP contribution in [0.4, 0.5) is 0 Å². The van der Waals surface area contributed by atoms with Crippen molar-refractivity contribution in [2.45, 2.75) is 38.6 Å². The van der Waals surface area contributed by atoms with Gasteiger partial charge in [-0.15, -0.1) is 0 Å². The van der Waals surface area contributed by atoms with Crippen LogP contribution in [0.5, 0.6) is 0 Å². The Hall–Kier alpha value is -3.48. The topological polar surface area (TPSA) is 94.3 Å². The highest BCUT2D eigenvalue weighted by Gasteiger charge is 2.19. The van der Waals surface area contributed by atoms with Gasteiger partial charge in [0.05, 0.1) is 19.6 Å². The number of aromatic nitrogens is 2. The van der Waals surface area contributed by atoms with Crippen molar-refractivity contribution in [1.29, 1.82) is 0 Å². The Labute approximate surface area is 175 Å². The number of nitrogens with zero attached hydrogens (tertiary/aromatic N) is 2. The number of nitrogens with one attached hydrogen (secondary N) is 1. The third-order valence-electron chi connectivity index (χ3n) is 4.79. The minimum absolute atomic E-state index is 0.0602. The summed E-state index contributed by atoms with van der Waals surface area (Å²) in [5.41, 5.74) is 2.94. The van der Waals surface area contributed by atoms with Gasteiger partial charge in [0.1, 0.15) is 0 Å². The van der Waals surface area contributed by atoms with Crippen LogP contribution in [0.15, 0.2) is 59.1 Å². The number of esters is 1. The number of hydrogen-bond donors (Lipinski definition) is 1. The van der Waals surface area contributed by atoms with Crippen molar-refractivity contribution in [3.63, 3.8) is 0 Å². The molecule has 1 atom stereocenters. The predicted molar refractivity (Wildman–Crippen MR) is 111 cm³/mol. The minimum atomic E-state index is -0.457. The van der Waals surface area contributed by atoms with Crippen molar-refractivity contribution in [3.8, 4) is 11.4 Å². The standard InChI is InChI=1S/C23H25N3O4/c1-3-16-9-11-18(12-10-16)23-25-21(30-26-23)14-13-20(27)24-19(15-22(28)29-2)17-7-5-4-6-8-17/h4-12,19H,3,13-15H2,1-2H3,(H,24,27). The van der Waals surface area contributed by atoms with E-state index in [2.05, 4.69) is 22.4 Å². The first-order valence-corrected chi connectivity index (χ1v) is 9.92. The quantitative estimate of drug-likeness (QED) is 0.544. The van der Waals surface area contributed by atoms with Crippen LogP contribution in [-0.4, -0.2) is 29.1 Å². The van der Waals surface area contributed by atoms with E-state index in [1.54, 1.807) is 0 Å². The van der Waals surface area contributed by atoms with Crippen molar-refractivity contribution in [1.82, 2.24) is 15.5 Å². The van der Waals surface area contributed by atoms with Gasteiger partial charge in [-0.25, -0.2) is 0 Å². The van der Waals surface area contributed by atoms with Crippen molar-refractivity contribution >= 4 is 11.9 Å². The summed E-state index contributed by atoms with van der Waals surface area (Å²) in [5.74, 6) is 0.296. The fraction of sp³-hybridized carbons (Fsp3) is 0.304. The molecule has 3 rings (SSSR count). The van der Waals surface area contributed by atoms with Gasteiger partial charge in [-0.2, -0.15) is 4.98 Å². The molecule has 0 aliphatic heterocycles. The lowest BCUT2D eigenvalue weighted by Crippen LogP contribution is -2.30. The zero-order valence-electron chi connectivity index (χ0n) is 17.1. The number of carbonyl (C=O) groups excluding carboxylic acids is 2. The van der Waals surface area contributed by atoms with Gasteiger partial charge in [-0.1, -0.05) is 66.7 Å². The molecule has 2 aromatic carbocycles. The van der Waals surface area contributed by atoms with Crippen molar-refractivity contribution in [3.05, 3.63) is 71.6 Å². The molecule has 0 fully saturated rings. The summed E-state index contributed by atoms with van der Waals surface area (Å²) < 4.78 is 10.0. The van der Waals surface area contributed by atoms with Gasteiger partial charge in [-0.3, -0.25) is 9.59 Å². The van der Waals surface area contributed by atoms with Gasteiger partial charge in [0, 0.05) is 18.4 Å². The number of aryl methyl sites for hydroxylation is 2. The lowest BCUT2D eigenvalue weighted by atomic mass is 10.0. The summed E-state index contributed by atoms with van der Waals surface area (Å²) in [6.45, 7) is 2.10. The van der Waals surface area contributed by atoms with Crippen LogP contribution < -0.4 is 5.32 Å². The molecule has 1 aromatic heterocycles. The van der Waals surface area contributed by atoms with E-state index in [0.29, 0.717) is 18.1 Å². The molecule has 0 radical (unpaired) electrons. The summed E-state index contributed by atoms with van der Waals surface area (Å²) in [5, 5.41) is 6.89. The zero-order valence-corrected chi connectivity index (χ0v) is 17.1. The van der Waals surface area contributed by atoms with E-state index < -0.39 is 6.04 Å². The molecule has 0 bridgehead atoms. The van der Waals surface area contributed by atoms with E-state index in [9.17, 15) is 9.59 Å². The molecular formula is C23H25N3O4. The van der Waals surface area contributed by atoms with Crippen molar-refractivity contribution in [2.75, 3.05) is 7.11 Å². The first-order valence-electron chi connectivity index (χ1n) is 9.92. The number of ether oxygens (including phenoxy) is 1. The van der Waals surface area contributed by atoms with Crippen LogP contribution in [-0.2, 0) is 27.2 Å². The molecule has 1 amide bonds. The second-order valence-corrected chi connectivity index (χ2v) is 6.87. The Balaban J connectivity index is 1.58. The molecule has 0 saturated heterocycles. The van der Waals surface area contributed by atoms with E-state index in [1.807, 2.05) is 54.6 Å². The maximum absolute atomic E-state index is 12.5. The van der Waals surface area contributed by atoms with Gasteiger partial charge >= 0.3 is 5.97 Å². The smallest absolute Gasteiger partial charge is 0.307 e. The largest absolute Gasteiger partial charge is 0.469 e. The van der Waals surface area contributed by atoms with Gasteiger partial charge in [0.15, 0.2) is 0 Å². The number of methoxy groups -OCH3 is 1. The monoisotopic (exact) mass is 407 g/mol. The maximum Gasteiger partial charge on any atom is 0.307 e. The lowest BCUT2D eigenvalue weighted by molar-refractivity contribution is -0.141. The van der Waals surface area contributed by atoms with Crippen LogP contribution >= 0.6 is 0 Å². The molecule has 1 unspecified atom stereocenters. The average Bonchev–Trinajstić information content (AvgIpc) is 3.27. The summed E-state index contributed by atoms with van der Waals surface area (Å²) in [7, 11) is 1.33. The van der Waals surface area contributed by atoms with Gasteiger partial charge in [0.25, 0.3) is 0 Å². The van der Waals surface area contributed by atoms with Crippen LogP contribution in [0.25, 0.3) is 11.4 Å². The maximum atomic E-state index is 12.5. The van der Waals surface area contributed by atoms with Crippen molar-refractivity contribution < 1.29 is 18.8 Å². The Bertz CT molecular complexity index is 968. The third kappa shape index (κ3) is 5.76. The van der Waals surface area contributed by atoms with Crippen LogP contribution in [0.1, 0.15) is 42.8 Å². The first-order chi connectivity index (χ1) is 14.6. The van der Waals surface area contributed by atoms with Gasteiger partial charge < -0.3 is 14.6 Å². The van der Waals surface area contributed by atoms with E-state index in [1.165, 1.54) is 12.7 Å². The fourth-order valence-electron chi connectivity index (χ4n) is 3.04. The fourth-order valence-corrected chi connectivity index (χ4v) is 3.04. The Morgan fingerprint density at radius 3 is 2.50 bits per heavy atom. The average molecular weight is 407 g/mol. The van der Waals surface area contributed by atoms with Gasteiger partial charge in [0.2, 0.25) is 17.6 Å². The van der Waals surface area contributed by atoms with E-state index >= 15 is 0 Å². The summed E-state index contributed by atoms with van der Waals surface area (Å²) in [6.07, 6.45) is 1.50. The zero-order chi connectivity index (χ0) is 21.3. The third-order valence-corrected chi connectivity index (χ3v) is 4.79. The molecule has 0 spiro atoms. The highest BCUT2D eigenvalue weighted by atomic mass is 16.5. The summed E-state index contributed by atoms with van der Waals surface area (Å²) >= 11 is 0. The Kier molecular flexibility index (Phi) is 7.32. The van der Waals surface area contributed by atoms with Crippen LogP contribution in [0.3, 0.4) is 0 Å². The second kappa shape index (κ2) is 10.3. The SMILES string of the molecule is CCc1ccc(-c2noc(CCC(=O)NC(CC(=O)OC)c3ccccc3)n2)cc1. The minimum Gasteiger partial charge on any atom is -0.469 e. The lowest BCUT2D eigenvalue weighted by Gasteiger charge is -2.18. The molecule has 156 valence electrons. The molecule has 7 nitrogen and oxygen atoms in total. The highest BCUT2D eigenvalue weighted by Crippen LogP contribution is 2.19. The molecular weight excluding hydrogens is 382 g/mol. The highest BCUT2D eigenvalue weighted by molar-refractivity contribution is 5.78. The number of benzene rings is 2. The predicted octanol–water partition coefficient (Wildman–Crippen LogP) is 3.65. The molecule has 1 heterocycles. The number of hydrogen-bond acceptors (Lipinski definition) is 6. The Morgan fingerprint density at radius 2 is 1.83 bits per heavy atom. The Morgan fingerprint density at radius 1 is 1.10 bits per heavy atom.